The SMILES string of the molecule is O=C(O)[C@](O)(OCc1ccccc1)[C@@](O)(OCc1ccccc1)[C@H](O)C(O)OCc1ccccc1. The number of aliphatic hydroxyl groups is 4. The van der Waals surface area contributed by atoms with Crippen LogP contribution < -0.4 is 0 Å². The second-order valence-corrected chi connectivity index (χ2v) is 7.83. The minimum absolute atomic E-state index is 0.176. The van der Waals surface area contributed by atoms with Gasteiger partial charge in [-0.1, -0.05) is 91.0 Å². The third kappa shape index (κ3) is 6.50. The van der Waals surface area contributed by atoms with Crippen molar-refractivity contribution in [2.24, 2.45) is 0 Å². The van der Waals surface area contributed by atoms with E-state index in [2.05, 4.69) is 0 Å². The highest BCUT2D eigenvalue weighted by molar-refractivity contribution is 5.77. The van der Waals surface area contributed by atoms with E-state index in [4.69, 9.17) is 14.2 Å². The Balaban J connectivity index is 1.87. The van der Waals surface area contributed by atoms with Crippen molar-refractivity contribution in [3.05, 3.63) is 108 Å². The monoisotopic (exact) mass is 484 g/mol. The van der Waals surface area contributed by atoms with E-state index in [-0.39, 0.29) is 6.61 Å². The molecule has 186 valence electrons. The highest BCUT2D eigenvalue weighted by Gasteiger charge is 2.64. The molecule has 0 saturated heterocycles. The second kappa shape index (κ2) is 12.0. The Bertz CT molecular complexity index is 1050. The van der Waals surface area contributed by atoms with Gasteiger partial charge in [0.2, 0.25) is 0 Å². The number of rotatable bonds is 13. The van der Waals surface area contributed by atoms with Crippen molar-refractivity contribution < 1.29 is 44.5 Å². The van der Waals surface area contributed by atoms with E-state index in [0.29, 0.717) is 16.7 Å². The fraction of sp³-hybridized carbons (Fsp3) is 0.269. The molecule has 35 heavy (non-hydrogen) atoms. The maximum absolute atomic E-state index is 12.2. The molecule has 0 saturated carbocycles. The van der Waals surface area contributed by atoms with Crippen LogP contribution in [0.4, 0.5) is 0 Å². The first-order chi connectivity index (χ1) is 16.8. The maximum Gasteiger partial charge on any atom is 0.370 e. The minimum atomic E-state index is -3.49. The average molecular weight is 485 g/mol. The van der Waals surface area contributed by atoms with Crippen LogP contribution in [0.5, 0.6) is 0 Å². The molecule has 3 rings (SSSR count). The third-order valence-electron chi connectivity index (χ3n) is 5.30. The number of aliphatic carboxylic acids is 1. The van der Waals surface area contributed by atoms with E-state index in [1.54, 1.807) is 91.0 Å². The van der Waals surface area contributed by atoms with Crippen molar-refractivity contribution in [1.82, 2.24) is 0 Å². The molecule has 0 spiro atoms. The molecule has 0 aromatic heterocycles. The molecular weight excluding hydrogens is 456 g/mol. The van der Waals surface area contributed by atoms with Gasteiger partial charge in [-0.2, -0.15) is 0 Å². The Morgan fingerprint density at radius 2 is 1.09 bits per heavy atom. The average Bonchev–Trinajstić information content (AvgIpc) is 2.90. The number of carboxylic acids is 1. The highest BCUT2D eigenvalue weighted by Crippen LogP contribution is 2.33. The Hall–Kier alpha value is -3.15. The largest absolute Gasteiger partial charge is 0.477 e. The van der Waals surface area contributed by atoms with E-state index in [0.717, 1.165) is 0 Å². The van der Waals surface area contributed by atoms with Crippen molar-refractivity contribution >= 4 is 5.97 Å². The van der Waals surface area contributed by atoms with Crippen LogP contribution in [0.2, 0.25) is 0 Å². The Kier molecular flexibility index (Phi) is 9.07. The van der Waals surface area contributed by atoms with Crippen molar-refractivity contribution in [1.29, 1.82) is 0 Å². The van der Waals surface area contributed by atoms with Crippen molar-refractivity contribution in [3.63, 3.8) is 0 Å². The fourth-order valence-electron chi connectivity index (χ4n) is 3.27. The molecule has 0 aliphatic heterocycles. The molecule has 5 N–H and O–H groups in total. The molecule has 0 amide bonds. The van der Waals surface area contributed by atoms with Crippen LogP contribution in [-0.2, 0) is 38.8 Å². The van der Waals surface area contributed by atoms with Gasteiger partial charge in [0.15, 0.2) is 12.4 Å². The molecule has 0 heterocycles. The van der Waals surface area contributed by atoms with Crippen LogP contribution in [-0.4, -0.2) is 55.5 Å². The van der Waals surface area contributed by atoms with Gasteiger partial charge < -0.3 is 39.7 Å². The van der Waals surface area contributed by atoms with Crippen LogP contribution in [0, 0.1) is 0 Å². The van der Waals surface area contributed by atoms with Crippen molar-refractivity contribution in [2.75, 3.05) is 0 Å². The van der Waals surface area contributed by atoms with E-state index >= 15 is 0 Å². The summed E-state index contributed by atoms with van der Waals surface area (Å²) >= 11 is 0. The number of hydrogen-bond acceptors (Lipinski definition) is 8. The summed E-state index contributed by atoms with van der Waals surface area (Å²) in [5, 5.41) is 53.5. The third-order valence-corrected chi connectivity index (χ3v) is 5.30. The fourth-order valence-corrected chi connectivity index (χ4v) is 3.27. The molecule has 9 heteroatoms. The summed E-state index contributed by atoms with van der Waals surface area (Å²) in [5.41, 5.74) is 1.61. The summed E-state index contributed by atoms with van der Waals surface area (Å²) in [5.74, 6) is -8.88. The number of benzene rings is 3. The van der Waals surface area contributed by atoms with Gasteiger partial charge in [-0.3, -0.25) is 0 Å². The van der Waals surface area contributed by atoms with Crippen LogP contribution in [0.25, 0.3) is 0 Å². The maximum atomic E-state index is 12.2. The van der Waals surface area contributed by atoms with Crippen LogP contribution in [0.1, 0.15) is 16.7 Å². The van der Waals surface area contributed by atoms with Gasteiger partial charge in [0.1, 0.15) is 0 Å². The van der Waals surface area contributed by atoms with Crippen molar-refractivity contribution in [2.45, 2.75) is 43.8 Å². The van der Waals surface area contributed by atoms with E-state index in [1.165, 1.54) is 0 Å². The van der Waals surface area contributed by atoms with E-state index in [1.807, 2.05) is 0 Å². The normalized spacial score (nSPS) is 16.6. The van der Waals surface area contributed by atoms with Crippen LogP contribution in [0.15, 0.2) is 91.0 Å². The van der Waals surface area contributed by atoms with Gasteiger partial charge >= 0.3 is 11.8 Å². The number of ether oxygens (including phenoxy) is 3. The quantitative estimate of drug-likeness (QED) is 0.229. The second-order valence-electron chi connectivity index (χ2n) is 7.83. The Labute approximate surface area is 202 Å². The number of carboxylic acid groups (broad SMARTS) is 1. The Morgan fingerprint density at radius 1 is 0.686 bits per heavy atom. The summed E-state index contributed by atoms with van der Waals surface area (Å²) < 4.78 is 15.8. The molecule has 3 aromatic carbocycles. The van der Waals surface area contributed by atoms with Gasteiger partial charge in [0.05, 0.1) is 19.8 Å². The summed E-state index contributed by atoms with van der Waals surface area (Å²) in [7, 11) is 0. The zero-order chi connectivity index (χ0) is 25.3. The molecule has 0 radical (unpaired) electrons. The standard InChI is InChI=1S/C26H28O9/c27-22(23(28)33-16-19-10-4-1-5-11-19)25(31,34-17-20-12-6-2-7-13-20)26(32,24(29)30)35-18-21-14-8-3-9-15-21/h1-15,22-23,27-28,31-32H,16-18H2,(H,29,30)/t22-,23?,25+,26+/m1/s1. The molecule has 9 nitrogen and oxygen atoms in total. The first-order valence-electron chi connectivity index (χ1n) is 10.8. The lowest BCUT2D eigenvalue weighted by Crippen LogP contribution is -2.70. The van der Waals surface area contributed by atoms with Gasteiger partial charge in [-0.15, -0.1) is 0 Å². The van der Waals surface area contributed by atoms with Gasteiger partial charge in [-0.25, -0.2) is 4.79 Å². The number of carbonyl (C=O) groups is 1. The molecule has 4 atom stereocenters. The lowest BCUT2D eigenvalue weighted by Gasteiger charge is -2.42. The predicted molar refractivity (Wildman–Crippen MR) is 123 cm³/mol. The predicted octanol–water partition coefficient (Wildman–Crippen LogP) is 1.78. The Morgan fingerprint density at radius 3 is 1.51 bits per heavy atom. The molecule has 0 aliphatic rings. The van der Waals surface area contributed by atoms with Crippen LogP contribution in [0.3, 0.4) is 0 Å². The van der Waals surface area contributed by atoms with Crippen LogP contribution >= 0.6 is 0 Å². The summed E-state index contributed by atoms with van der Waals surface area (Å²) in [6, 6.07) is 25.3. The zero-order valence-electron chi connectivity index (χ0n) is 18.8. The van der Waals surface area contributed by atoms with Gasteiger partial charge in [-0.05, 0) is 16.7 Å². The number of aliphatic hydroxyl groups excluding tert-OH is 2. The lowest BCUT2D eigenvalue weighted by molar-refractivity contribution is -0.419. The summed E-state index contributed by atoms with van der Waals surface area (Å²) in [6.07, 6.45) is -4.60. The molecular formula is C26H28O9. The van der Waals surface area contributed by atoms with E-state index in [9.17, 15) is 30.3 Å². The smallest absolute Gasteiger partial charge is 0.370 e. The minimum Gasteiger partial charge on any atom is -0.477 e. The first-order valence-corrected chi connectivity index (χ1v) is 10.8. The molecule has 0 aliphatic carbocycles. The lowest BCUT2D eigenvalue weighted by atomic mass is 9.98. The summed E-state index contributed by atoms with van der Waals surface area (Å²) in [4.78, 5) is 12.2. The van der Waals surface area contributed by atoms with Crippen molar-refractivity contribution in [3.8, 4) is 0 Å². The van der Waals surface area contributed by atoms with Gasteiger partial charge in [0, 0.05) is 0 Å². The highest BCUT2D eigenvalue weighted by atomic mass is 16.7. The molecule has 0 bridgehead atoms. The summed E-state index contributed by atoms with van der Waals surface area (Å²) in [6.45, 7) is -1.05. The number of hydrogen-bond donors (Lipinski definition) is 5. The molecule has 1 unspecified atom stereocenters. The molecule has 0 fully saturated rings. The topological polar surface area (TPSA) is 146 Å². The zero-order valence-corrected chi connectivity index (χ0v) is 18.8. The first kappa shape index (κ1) is 26.5. The van der Waals surface area contributed by atoms with E-state index < -0.39 is 43.2 Å². The molecule has 3 aromatic rings. The van der Waals surface area contributed by atoms with Gasteiger partial charge in [0.25, 0.3) is 5.79 Å².